The van der Waals surface area contributed by atoms with Crippen LogP contribution in [0.3, 0.4) is 0 Å². The largest absolute Gasteiger partial charge is 0.324 e. The van der Waals surface area contributed by atoms with Gasteiger partial charge in [0.05, 0.1) is 0 Å². The van der Waals surface area contributed by atoms with Crippen LogP contribution in [0.15, 0.2) is 12.1 Å². The van der Waals surface area contributed by atoms with Gasteiger partial charge in [-0.05, 0) is 43.7 Å². The van der Waals surface area contributed by atoms with Crippen LogP contribution >= 0.6 is 0 Å². The minimum atomic E-state index is -0.206. The maximum Gasteiger partial charge on any atom is 0.131 e. The summed E-state index contributed by atoms with van der Waals surface area (Å²) in [6, 6.07) is 3.67. The van der Waals surface area contributed by atoms with Gasteiger partial charge in [-0.2, -0.15) is 0 Å². The summed E-state index contributed by atoms with van der Waals surface area (Å²) in [6.45, 7) is 1.83. The smallest absolute Gasteiger partial charge is 0.131 e. The van der Waals surface area contributed by atoms with Gasteiger partial charge in [0.15, 0.2) is 0 Å². The molecule has 2 heteroatoms. The van der Waals surface area contributed by atoms with Gasteiger partial charge >= 0.3 is 0 Å². The molecule has 0 radical (unpaired) electrons. The van der Waals surface area contributed by atoms with E-state index in [4.69, 9.17) is 5.73 Å². The molecule has 1 aromatic rings. The monoisotopic (exact) mass is 193 g/mol. The number of fused-ring (bicyclic) bond motifs is 1. The Morgan fingerprint density at radius 3 is 2.71 bits per heavy atom. The maximum atomic E-state index is 13.9. The van der Waals surface area contributed by atoms with Crippen molar-refractivity contribution in [1.82, 2.24) is 0 Å². The molecule has 76 valence electrons. The Balaban J connectivity index is 2.49. The normalized spacial score (nSPS) is 17.6. The fourth-order valence-corrected chi connectivity index (χ4v) is 2.15. The van der Waals surface area contributed by atoms with Crippen LogP contribution in [0.2, 0.25) is 0 Å². The van der Waals surface area contributed by atoms with Crippen molar-refractivity contribution < 1.29 is 4.39 Å². The number of hydrogen-bond acceptors (Lipinski definition) is 1. The van der Waals surface area contributed by atoms with Crippen molar-refractivity contribution in [2.24, 2.45) is 5.73 Å². The van der Waals surface area contributed by atoms with Crippen LogP contribution in [0.4, 0.5) is 4.39 Å². The molecule has 0 bridgehead atoms. The molecular formula is C12H16FN. The second kappa shape index (κ2) is 3.70. The molecular weight excluding hydrogens is 177 g/mol. The van der Waals surface area contributed by atoms with E-state index in [1.807, 2.05) is 19.1 Å². The number of nitrogens with two attached hydrogens (primary N) is 1. The molecule has 0 fully saturated rings. The minimum absolute atomic E-state index is 0.0581. The molecule has 1 aliphatic rings. The van der Waals surface area contributed by atoms with Gasteiger partial charge in [-0.1, -0.05) is 12.1 Å². The predicted molar refractivity (Wildman–Crippen MR) is 55.6 cm³/mol. The maximum absolute atomic E-state index is 13.9. The van der Waals surface area contributed by atoms with Gasteiger partial charge in [0.1, 0.15) is 5.82 Å². The van der Waals surface area contributed by atoms with E-state index >= 15 is 0 Å². The zero-order valence-electron chi connectivity index (χ0n) is 8.52. The first-order valence-corrected chi connectivity index (χ1v) is 5.26. The molecule has 0 amide bonds. The lowest BCUT2D eigenvalue weighted by molar-refractivity contribution is 0.554. The van der Waals surface area contributed by atoms with E-state index in [2.05, 4.69) is 0 Å². The fraction of sp³-hybridized carbons (Fsp3) is 0.500. The molecule has 1 nitrogen and oxygen atoms in total. The van der Waals surface area contributed by atoms with Crippen LogP contribution in [0.1, 0.15) is 42.5 Å². The fourth-order valence-electron chi connectivity index (χ4n) is 2.15. The Bertz CT molecular complexity index is 344. The number of aryl methyl sites for hydroxylation is 1. The van der Waals surface area contributed by atoms with E-state index in [0.717, 1.165) is 24.8 Å². The van der Waals surface area contributed by atoms with E-state index in [1.54, 1.807) is 0 Å². The molecule has 0 aliphatic heterocycles. The van der Waals surface area contributed by atoms with E-state index < -0.39 is 0 Å². The molecule has 1 unspecified atom stereocenters. The quantitative estimate of drug-likeness (QED) is 0.729. The lowest BCUT2D eigenvalue weighted by Gasteiger charge is -2.19. The van der Waals surface area contributed by atoms with Gasteiger partial charge in [0.2, 0.25) is 0 Å². The van der Waals surface area contributed by atoms with Crippen molar-refractivity contribution in [1.29, 1.82) is 0 Å². The van der Waals surface area contributed by atoms with Gasteiger partial charge < -0.3 is 5.73 Å². The third-order valence-electron chi connectivity index (χ3n) is 2.98. The van der Waals surface area contributed by atoms with Gasteiger partial charge in [-0.25, -0.2) is 4.39 Å². The summed E-state index contributed by atoms with van der Waals surface area (Å²) >= 11 is 0. The first-order chi connectivity index (χ1) is 6.70. The third kappa shape index (κ3) is 1.55. The minimum Gasteiger partial charge on any atom is -0.324 e. The van der Waals surface area contributed by atoms with E-state index in [1.165, 1.54) is 12.0 Å². The number of hydrogen-bond donors (Lipinski definition) is 1. The van der Waals surface area contributed by atoms with E-state index in [-0.39, 0.29) is 11.9 Å². The number of benzene rings is 1. The van der Waals surface area contributed by atoms with Crippen molar-refractivity contribution in [3.05, 3.63) is 34.6 Å². The van der Waals surface area contributed by atoms with Crippen molar-refractivity contribution >= 4 is 0 Å². The molecule has 0 saturated carbocycles. The number of rotatable bonds is 1. The SMILES string of the molecule is CC(N)c1ccc2c(c1F)CCCC2. The first kappa shape index (κ1) is 9.66. The van der Waals surface area contributed by atoms with Crippen LogP contribution in [0, 0.1) is 5.82 Å². The molecule has 2 N–H and O–H groups in total. The standard InChI is InChI=1S/C12H16FN/c1-8(14)10-7-6-9-4-2-3-5-11(9)12(10)13/h6-8H,2-5,14H2,1H3. The van der Waals surface area contributed by atoms with E-state index in [9.17, 15) is 4.39 Å². The summed E-state index contributed by atoms with van der Waals surface area (Å²) in [5, 5.41) is 0. The Kier molecular flexibility index (Phi) is 2.55. The van der Waals surface area contributed by atoms with Crippen LogP contribution in [0.5, 0.6) is 0 Å². The van der Waals surface area contributed by atoms with Crippen molar-refractivity contribution in [3.63, 3.8) is 0 Å². The molecule has 1 aliphatic carbocycles. The van der Waals surface area contributed by atoms with Crippen molar-refractivity contribution in [3.8, 4) is 0 Å². The Morgan fingerprint density at radius 1 is 1.29 bits per heavy atom. The highest BCUT2D eigenvalue weighted by Crippen LogP contribution is 2.27. The second-order valence-electron chi connectivity index (χ2n) is 4.10. The van der Waals surface area contributed by atoms with Crippen LogP contribution in [-0.4, -0.2) is 0 Å². The molecule has 0 aromatic heterocycles. The van der Waals surface area contributed by atoms with Crippen molar-refractivity contribution in [2.45, 2.75) is 38.6 Å². The third-order valence-corrected chi connectivity index (χ3v) is 2.98. The summed E-state index contributed by atoms with van der Waals surface area (Å²) < 4.78 is 13.9. The summed E-state index contributed by atoms with van der Waals surface area (Å²) in [7, 11) is 0. The number of halogens is 1. The predicted octanol–water partition coefficient (Wildman–Crippen LogP) is 2.72. The average Bonchev–Trinajstić information content (AvgIpc) is 2.18. The molecule has 1 atom stereocenters. The van der Waals surface area contributed by atoms with Crippen molar-refractivity contribution in [2.75, 3.05) is 0 Å². The molecule has 0 saturated heterocycles. The van der Waals surface area contributed by atoms with Gasteiger partial charge in [-0.15, -0.1) is 0 Å². The zero-order valence-corrected chi connectivity index (χ0v) is 8.52. The molecule has 2 rings (SSSR count). The summed E-state index contributed by atoms with van der Waals surface area (Å²) in [5.41, 5.74) is 8.45. The average molecular weight is 193 g/mol. The second-order valence-corrected chi connectivity index (χ2v) is 4.10. The Labute approximate surface area is 84.1 Å². The molecule has 14 heavy (non-hydrogen) atoms. The summed E-state index contributed by atoms with van der Waals surface area (Å²) in [5.74, 6) is -0.0581. The van der Waals surface area contributed by atoms with E-state index in [0.29, 0.717) is 5.56 Å². The molecule has 1 aromatic carbocycles. The highest BCUT2D eigenvalue weighted by molar-refractivity contribution is 5.36. The van der Waals surface area contributed by atoms with Crippen LogP contribution in [0.25, 0.3) is 0 Å². The topological polar surface area (TPSA) is 26.0 Å². The van der Waals surface area contributed by atoms with Gasteiger partial charge in [-0.3, -0.25) is 0 Å². The molecule has 0 spiro atoms. The van der Waals surface area contributed by atoms with Crippen LogP contribution < -0.4 is 5.73 Å². The van der Waals surface area contributed by atoms with Crippen LogP contribution in [-0.2, 0) is 12.8 Å². The highest BCUT2D eigenvalue weighted by Gasteiger charge is 2.17. The Morgan fingerprint density at radius 2 is 2.00 bits per heavy atom. The Hall–Kier alpha value is -0.890. The van der Waals surface area contributed by atoms with Gasteiger partial charge in [0, 0.05) is 11.6 Å². The lowest BCUT2D eigenvalue weighted by Crippen LogP contribution is -2.12. The zero-order chi connectivity index (χ0) is 10.1. The summed E-state index contributed by atoms with van der Waals surface area (Å²) in [4.78, 5) is 0. The summed E-state index contributed by atoms with van der Waals surface area (Å²) in [6.07, 6.45) is 4.18. The highest BCUT2D eigenvalue weighted by atomic mass is 19.1. The first-order valence-electron chi connectivity index (χ1n) is 5.26. The van der Waals surface area contributed by atoms with Gasteiger partial charge in [0.25, 0.3) is 0 Å². The molecule has 0 heterocycles. The lowest BCUT2D eigenvalue weighted by atomic mass is 9.89.